The molecule has 2 bridgehead atoms. The van der Waals surface area contributed by atoms with Crippen molar-refractivity contribution in [3.63, 3.8) is 0 Å². The van der Waals surface area contributed by atoms with Crippen molar-refractivity contribution in [2.45, 2.75) is 153 Å². The van der Waals surface area contributed by atoms with Crippen LogP contribution in [0.3, 0.4) is 0 Å². The molecule has 0 spiro atoms. The molecule has 348 valence electrons. The minimum absolute atomic E-state index is 0.0498. The summed E-state index contributed by atoms with van der Waals surface area (Å²) in [5.41, 5.74) is -3.84. The predicted molar refractivity (Wildman–Crippen MR) is 220 cm³/mol. The number of hydrogen-bond acceptors (Lipinski definition) is 11. The van der Waals surface area contributed by atoms with E-state index in [0.717, 1.165) is 4.90 Å². The van der Waals surface area contributed by atoms with E-state index in [-0.39, 0.29) is 48.6 Å². The van der Waals surface area contributed by atoms with Crippen LogP contribution in [0.4, 0.5) is 22.4 Å². The Hall–Kier alpha value is -4.49. The Morgan fingerprint density at radius 1 is 1.05 bits per heavy atom. The van der Waals surface area contributed by atoms with Gasteiger partial charge in [-0.3, -0.25) is 19.1 Å². The van der Waals surface area contributed by atoms with Gasteiger partial charge in [-0.1, -0.05) is 41.0 Å². The zero-order valence-corrected chi connectivity index (χ0v) is 37.5. The van der Waals surface area contributed by atoms with Gasteiger partial charge in [-0.05, 0) is 87.7 Å². The maximum absolute atomic E-state index is 16.6. The largest absolute Gasteiger partial charge is 0.497 e. The maximum Gasteiger partial charge on any atom is 0.408 e. The van der Waals surface area contributed by atoms with Gasteiger partial charge in [0.1, 0.15) is 35.6 Å². The molecule has 0 radical (unpaired) electrons. The van der Waals surface area contributed by atoms with Crippen molar-refractivity contribution >= 4 is 44.9 Å². The fraction of sp³-hybridized carbons (Fsp3) is 0.721. The number of fused-ring (bicyclic) bond motifs is 5. The van der Waals surface area contributed by atoms with Crippen LogP contribution in [0.5, 0.6) is 11.6 Å². The van der Waals surface area contributed by atoms with Crippen molar-refractivity contribution in [2.24, 2.45) is 29.1 Å². The van der Waals surface area contributed by atoms with E-state index in [0.29, 0.717) is 31.4 Å². The number of nitrogens with one attached hydrogen (secondary N) is 3. The van der Waals surface area contributed by atoms with Crippen molar-refractivity contribution in [1.29, 1.82) is 0 Å². The molecule has 9 atom stereocenters. The van der Waals surface area contributed by atoms with E-state index in [1.54, 1.807) is 33.8 Å². The third-order valence-corrected chi connectivity index (χ3v) is 15.9. The average Bonchev–Trinajstić information content (AvgIpc) is 4.07. The summed E-state index contributed by atoms with van der Waals surface area (Å²) in [6.07, 6.45) is -4.28. The van der Waals surface area contributed by atoms with Crippen LogP contribution in [0, 0.1) is 29.1 Å². The van der Waals surface area contributed by atoms with Crippen LogP contribution in [0.2, 0.25) is 0 Å². The monoisotopic (exact) mass is 910 g/mol. The van der Waals surface area contributed by atoms with Gasteiger partial charge in [0, 0.05) is 18.4 Å². The number of alkyl halides is 4. The molecule has 4 fully saturated rings. The Labute approximate surface area is 364 Å². The van der Waals surface area contributed by atoms with Crippen LogP contribution in [-0.2, 0) is 35.1 Å². The average molecular weight is 911 g/mol. The molecule has 3 aliphatic carbocycles. The number of ether oxygens (including phenoxy) is 3. The highest BCUT2D eigenvalue weighted by Gasteiger charge is 2.68. The predicted octanol–water partition coefficient (Wildman–Crippen LogP) is 5.98. The summed E-state index contributed by atoms with van der Waals surface area (Å²) in [5, 5.41) is 5.15. The first kappa shape index (κ1) is 46.5. The van der Waals surface area contributed by atoms with Gasteiger partial charge >= 0.3 is 6.09 Å². The number of benzene rings is 1. The molecule has 3 saturated carbocycles. The van der Waals surface area contributed by atoms with Crippen LogP contribution in [0.1, 0.15) is 111 Å². The molecule has 2 aromatic rings. The molecule has 7 rings (SSSR count). The third-order valence-electron chi connectivity index (χ3n) is 13.8. The first-order valence-corrected chi connectivity index (χ1v) is 23.3. The second kappa shape index (κ2) is 16.8. The van der Waals surface area contributed by atoms with Crippen molar-refractivity contribution in [3.05, 3.63) is 23.9 Å². The van der Waals surface area contributed by atoms with Crippen molar-refractivity contribution in [2.75, 3.05) is 13.7 Å². The Morgan fingerprint density at radius 2 is 1.76 bits per heavy atom. The number of sulfonamides is 1. The van der Waals surface area contributed by atoms with Gasteiger partial charge in [-0.2, -0.15) is 8.78 Å². The molecular weight excluding hydrogens is 853 g/mol. The minimum atomic E-state index is -4.32. The lowest BCUT2D eigenvalue weighted by atomic mass is 9.85. The molecule has 1 aromatic carbocycles. The standard InChI is InChI=1S/C43H58F4N6O9S/c1-8-25-30-21-53(31(25)35(54)51-42(20-26(42)34(44)45)38(56)52-63(58,59)41(6)15-16-41)37(55)33(40(3,4)5)50-39(57)62-29-18-22(2)17-23(29)11-9-10-14-43(46,47)32-36(61-30)49-28-19-24(60-7)12-13-27(28)48-32/h12-13,19,22-23,25-26,29-31,33-34H,8-11,14-18,20-21H2,1-7H3,(H,50,57)(H,51,54)(H,52,56)/t22-,23-,25-,26+,29-,30+,31+,33-,42-/m1/s1. The zero-order valence-electron chi connectivity index (χ0n) is 36.6. The number of methoxy groups -OCH3 is 1. The maximum atomic E-state index is 16.6. The number of carbonyl (C=O) groups is 4. The van der Waals surface area contributed by atoms with Crippen LogP contribution < -0.4 is 24.8 Å². The Bertz CT molecular complexity index is 2240. The first-order valence-electron chi connectivity index (χ1n) is 21.8. The van der Waals surface area contributed by atoms with Gasteiger partial charge in [0.25, 0.3) is 11.8 Å². The number of halogens is 4. The number of carbonyl (C=O) groups excluding carboxylic acids is 4. The molecule has 63 heavy (non-hydrogen) atoms. The topological polar surface area (TPSA) is 195 Å². The van der Waals surface area contributed by atoms with E-state index in [1.165, 1.54) is 26.2 Å². The van der Waals surface area contributed by atoms with Gasteiger partial charge in [-0.25, -0.2) is 32.0 Å². The molecule has 3 N–H and O–H groups in total. The van der Waals surface area contributed by atoms with Gasteiger partial charge in [0.05, 0.1) is 35.4 Å². The van der Waals surface area contributed by atoms with Crippen LogP contribution >= 0.6 is 0 Å². The molecule has 1 saturated heterocycles. The molecule has 4 amide bonds. The molecule has 3 heterocycles. The first-order chi connectivity index (χ1) is 29.4. The smallest absolute Gasteiger partial charge is 0.408 e. The fourth-order valence-corrected chi connectivity index (χ4v) is 10.9. The number of aromatic nitrogens is 2. The van der Waals surface area contributed by atoms with E-state index < -0.39 is 129 Å². The van der Waals surface area contributed by atoms with Crippen LogP contribution in [-0.4, -0.2) is 102 Å². The Balaban J connectivity index is 1.31. The molecule has 20 heteroatoms. The van der Waals surface area contributed by atoms with Gasteiger partial charge in [-0.15, -0.1) is 0 Å². The summed E-state index contributed by atoms with van der Waals surface area (Å²) in [7, 11) is -2.90. The van der Waals surface area contributed by atoms with E-state index in [4.69, 9.17) is 14.2 Å². The van der Waals surface area contributed by atoms with Crippen LogP contribution in [0.15, 0.2) is 18.2 Å². The summed E-state index contributed by atoms with van der Waals surface area (Å²) in [5.74, 6) is -9.74. The van der Waals surface area contributed by atoms with Crippen LogP contribution in [0.25, 0.3) is 11.0 Å². The van der Waals surface area contributed by atoms with E-state index in [9.17, 15) is 31.6 Å². The molecule has 1 aromatic heterocycles. The summed E-state index contributed by atoms with van der Waals surface area (Å²) < 4.78 is 107. The van der Waals surface area contributed by atoms with E-state index in [2.05, 4.69) is 20.6 Å². The highest BCUT2D eigenvalue weighted by atomic mass is 32.2. The summed E-state index contributed by atoms with van der Waals surface area (Å²) in [4.78, 5) is 67.2. The quantitative estimate of drug-likeness (QED) is 0.264. The molecule has 15 nitrogen and oxygen atoms in total. The van der Waals surface area contributed by atoms with Crippen molar-refractivity contribution < 1.29 is 59.4 Å². The third kappa shape index (κ3) is 9.10. The normalized spacial score (nSPS) is 32.0. The number of rotatable bonds is 8. The van der Waals surface area contributed by atoms with E-state index in [1.807, 2.05) is 11.6 Å². The highest BCUT2D eigenvalue weighted by Crippen LogP contribution is 2.50. The molecule has 2 aliphatic heterocycles. The van der Waals surface area contributed by atoms with E-state index >= 15 is 13.6 Å². The van der Waals surface area contributed by atoms with Gasteiger partial charge < -0.3 is 29.7 Å². The minimum Gasteiger partial charge on any atom is -0.497 e. The molecule has 0 unspecified atom stereocenters. The zero-order chi connectivity index (χ0) is 46.0. The number of amides is 4. The second-order valence-electron chi connectivity index (χ2n) is 19.6. The van der Waals surface area contributed by atoms with Gasteiger partial charge in [0.15, 0.2) is 5.69 Å². The molecular formula is C43H58F4N6O9S. The Kier molecular flexibility index (Phi) is 12.4. The van der Waals surface area contributed by atoms with Crippen molar-refractivity contribution in [3.8, 4) is 11.6 Å². The summed E-state index contributed by atoms with van der Waals surface area (Å²) in [6.45, 7) is 9.69. The summed E-state index contributed by atoms with van der Waals surface area (Å²) >= 11 is 0. The van der Waals surface area contributed by atoms with Gasteiger partial charge in [0.2, 0.25) is 34.1 Å². The lowest BCUT2D eigenvalue weighted by molar-refractivity contribution is -0.144. The lowest BCUT2D eigenvalue weighted by Gasteiger charge is -2.36. The lowest BCUT2D eigenvalue weighted by Crippen LogP contribution is -2.61. The Morgan fingerprint density at radius 3 is 2.38 bits per heavy atom. The number of alkyl carbamates (subject to hydrolysis) is 1. The SMILES string of the molecule is CC[C@@H]1[C@@H]2CN(C(=O)[C@H](C(C)(C)C)NC(=O)O[C@@H]3C[C@H](C)C[C@H]3CCCCC(F)(F)c3nc4ccc(OC)cc4nc3O2)[C@@H]1C(=O)N[C@]1(C(=O)NS(=O)(=O)C2(C)CC2)C[C@H]1C(F)F. The highest BCUT2D eigenvalue weighted by molar-refractivity contribution is 7.91. The summed E-state index contributed by atoms with van der Waals surface area (Å²) in [6, 6.07) is 1.59. The van der Waals surface area contributed by atoms with Crippen molar-refractivity contribution in [1.82, 2.24) is 30.2 Å². The second-order valence-corrected chi connectivity index (χ2v) is 21.8. The molecule has 5 aliphatic rings. The number of nitrogens with zero attached hydrogens (tertiary/aromatic N) is 3. The fourth-order valence-electron chi connectivity index (χ4n) is 9.57. The number of hydrogen-bond donors (Lipinski definition) is 3.